The van der Waals surface area contributed by atoms with E-state index < -0.39 is 0 Å². The van der Waals surface area contributed by atoms with Crippen molar-refractivity contribution >= 4 is 5.91 Å². The van der Waals surface area contributed by atoms with Crippen LogP contribution in [-0.4, -0.2) is 29.9 Å². The molecule has 0 aliphatic carbocycles. The maximum atomic E-state index is 12.0. The smallest absolute Gasteiger partial charge is 0.224 e. The van der Waals surface area contributed by atoms with Crippen LogP contribution >= 0.6 is 0 Å². The lowest BCUT2D eigenvalue weighted by molar-refractivity contribution is -0.131. The monoisotopic (exact) mass is 246 g/mol. The number of carbonyl (C=O) groups is 1. The van der Waals surface area contributed by atoms with Crippen LogP contribution in [0.25, 0.3) is 0 Å². The molecule has 1 aromatic carbocycles. The molecule has 0 spiro atoms. The minimum Gasteiger partial charge on any atom is -0.339 e. The molecule has 1 aromatic rings. The average molecular weight is 246 g/mol. The first-order chi connectivity index (χ1) is 8.63. The molecule has 1 aliphatic rings. The lowest BCUT2D eigenvalue weighted by Crippen LogP contribution is -2.35. The van der Waals surface area contributed by atoms with Crippen LogP contribution in [0.5, 0.6) is 0 Å². The van der Waals surface area contributed by atoms with E-state index in [1.165, 1.54) is 11.1 Å². The summed E-state index contributed by atoms with van der Waals surface area (Å²) >= 11 is 0. The number of nitrogens with two attached hydrogens (primary N) is 1. The van der Waals surface area contributed by atoms with E-state index in [9.17, 15) is 4.79 Å². The second-order valence-electron chi connectivity index (χ2n) is 5.22. The summed E-state index contributed by atoms with van der Waals surface area (Å²) in [5.74, 6) is 0.670. The van der Waals surface area contributed by atoms with Crippen LogP contribution in [-0.2, 0) is 4.79 Å². The maximum Gasteiger partial charge on any atom is 0.224 e. The van der Waals surface area contributed by atoms with Gasteiger partial charge in [0.2, 0.25) is 5.91 Å². The molecule has 1 fully saturated rings. The fraction of sp³-hybridized carbons (Fsp3) is 0.533. The first-order valence-corrected chi connectivity index (χ1v) is 6.68. The predicted octanol–water partition coefficient (Wildman–Crippen LogP) is 2.05. The summed E-state index contributed by atoms with van der Waals surface area (Å²) in [5.41, 5.74) is 8.17. The Morgan fingerprint density at radius 2 is 2.17 bits per heavy atom. The summed E-state index contributed by atoms with van der Waals surface area (Å²) in [7, 11) is 0. The van der Waals surface area contributed by atoms with Gasteiger partial charge < -0.3 is 10.6 Å². The number of likely N-dealkylation sites (tertiary alicyclic amines) is 1. The van der Waals surface area contributed by atoms with Gasteiger partial charge in [0.25, 0.3) is 0 Å². The van der Waals surface area contributed by atoms with E-state index in [1.54, 1.807) is 0 Å². The number of rotatable bonds is 3. The van der Waals surface area contributed by atoms with Crippen LogP contribution in [0.1, 0.15) is 36.8 Å². The van der Waals surface area contributed by atoms with E-state index >= 15 is 0 Å². The Hall–Kier alpha value is -1.35. The van der Waals surface area contributed by atoms with Crippen molar-refractivity contribution in [2.24, 2.45) is 5.73 Å². The number of hydrogen-bond donors (Lipinski definition) is 1. The quantitative estimate of drug-likeness (QED) is 0.887. The van der Waals surface area contributed by atoms with Gasteiger partial charge in [-0.25, -0.2) is 0 Å². The third-order valence-corrected chi connectivity index (χ3v) is 3.88. The molecule has 3 nitrogen and oxygen atoms in total. The van der Waals surface area contributed by atoms with Crippen LogP contribution in [0, 0.1) is 6.92 Å². The molecule has 0 saturated carbocycles. The summed E-state index contributed by atoms with van der Waals surface area (Å²) in [4.78, 5) is 14.0. The third kappa shape index (κ3) is 2.56. The van der Waals surface area contributed by atoms with Crippen molar-refractivity contribution in [1.82, 2.24) is 4.90 Å². The van der Waals surface area contributed by atoms with E-state index in [0.717, 1.165) is 13.0 Å². The zero-order valence-electron chi connectivity index (χ0n) is 11.2. The average Bonchev–Trinajstić information content (AvgIpc) is 2.72. The fourth-order valence-electron chi connectivity index (χ4n) is 2.92. The SMILES string of the molecule is Cc1ccccc1[C@@H]1C[C@H](C)N(C(=O)CCN)C1. The highest BCUT2D eigenvalue weighted by molar-refractivity contribution is 5.77. The van der Waals surface area contributed by atoms with Crippen molar-refractivity contribution in [2.45, 2.75) is 38.6 Å². The van der Waals surface area contributed by atoms with E-state index in [-0.39, 0.29) is 5.91 Å². The highest BCUT2D eigenvalue weighted by Crippen LogP contribution is 2.33. The van der Waals surface area contributed by atoms with Gasteiger partial charge in [-0.15, -0.1) is 0 Å². The Bertz CT molecular complexity index is 430. The highest BCUT2D eigenvalue weighted by atomic mass is 16.2. The normalized spacial score (nSPS) is 23.4. The zero-order valence-corrected chi connectivity index (χ0v) is 11.2. The van der Waals surface area contributed by atoms with Crippen molar-refractivity contribution in [1.29, 1.82) is 0 Å². The second kappa shape index (κ2) is 5.53. The Balaban J connectivity index is 2.11. The van der Waals surface area contributed by atoms with Gasteiger partial charge in [0.05, 0.1) is 0 Å². The maximum absolute atomic E-state index is 12.0. The summed E-state index contributed by atoms with van der Waals surface area (Å²) in [5, 5.41) is 0. The van der Waals surface area contributed by atoms with E-state index in [0.29, 0.717) is 24.9 Å². The minimum absolute atomic E-state index is 0.195. The number of nitrogens with zero attached hydrogens (tertiary/aromatic N) is 1. The fourth-order valence-corrected chi connectivity index (χ4v) is 2.92. The second-order valence-corrected chi connectivity index (χ2v) is 5.22. The van der Waals surface area contributed by atoms with Crippen molar-refractivity contribution in [2.75, 3.05) is 13.1 Å². The van der Waals surface area contributed by atoms with Crippen molar-refractivity contribution in [3.8, 4) is 0 Å². The number of aryl methyl sites for hydroxylation is 1. The molecule has 2 rings (SSSR count). The van der Waals surface area contributed by atoms with E-state index in [1.807, 2.05) is 4.90 Å². The van der Waals surface area contributed by atoms with Gasteiger partial charge in [0, 0.05) is 31.5 Å². The van der Waals surface area contributed by atoms with Crippen LogP contribution in [0.3, 0.4) is 0 Å². The van der Waals surface area contributed by atoms with Gasteiger partial charge in [0.1, 0.15) is 0 Å². The van der Waals surface area contributed by atoms with Crippen molar-refractivity contribution in [3.63, 3.8) is 0 Å². The molecule has 18 heavy (non-hydrogen) atoms. The largest absolute Gasteiger partial charge is 0.339 e. The molecule has 0 radical (unpaired) electrons. The van der Waals surface area contributed by atoms with E-state index in [4.69, 9.17) is 5.73 Å². The number of benzene rings is 1. The molecular formula is C15H22N2O. The summed E-state index contributed by atoms with van der Waals surface area (Å²) in [6.45, 7) is 5.55. The topological polar surface area (TPSA) is 46.3 Å². The minimum atomic E-state index is 0.195. The highest BCUT2D eigenvalue weighted by Gasteiger charge is 2.33. The molecular weight excluding hydrogens is 224 g/mol. The molecule has 98 valence electrons. The standard InChI is InChI=1S/C15H22N2O/c1-11-5-3-4-6-14(11)13-9-12(2)17(10-13)15(18)7-8-16/h3-6,12-13H,7-10,16H2,1-2H3/t12-,13+/m0/s1. The van der Waals surface area contributed by atoms with Gasteiger partial charge in [-0.3, -0.25) is 4.79 Å². The molecule has 1 amide bonds. The van der Waals surface area contributed by atoms with Gasteiger partial charge in [-0.05, 0) is 31.4 Å². The van der Waals surface area contributed by atoms with Crippen LogP contribution in [0.2, 0.25) is 0 Å². The van der Waals surface area contributed by atoms with Gasteiger partial charge in [0.15, 0.2) is 0 Å². The molecule has 2 atom stereocenters. The molecule has 1 heterocycles. The molecule has 0 bridgehead atoms. The zero-order chi connectivity index (χ0) is 13.1. The molecule has 0 unspecified atom stereocenters. The van der Waals surface area contributed by atoms with Crippen LogP contribution in [0.15, 0.2) is 24.3 Å². The van der Waals surface area contributed by atoms with Gasteiger partial charge in [-0.1, -0.05) is 24.3 Å². The van der Waals surface area contributed by atoms with Gasteiger partial charge in [-0.2, -0.15) is 0 Å². The number of hydrogen-bond acceptors (Lipinski definition) is 2. The molecule has 1 saturated heterocycles. The Morgan fingerprint density at radius 3 is 2.83 bits per heavy atom. The third-order valence-electron chi connectivity index (χ3n) is 3.88. The van der Waals surface area contributed by atoms with Crippen LogP contribution < -0.4 is 5.73 Å². The summed E-state index contributed by atoms with van der Waals surface area (Å²) in [6, 6.07) is 8.80. The molecule has 1 aliphatic heterocycles. The number of amides is 1. The summed E-state index contributed by atoms with van der Waals surface area (Å²) < 4.78 is 0. The summed E-state index contributed by atoms with van der Waals surface area (Å²) in [6.07, 6.45) is 1.52. The van der Waals surface area contributed by atoms with E-state index in [2.05, 4.69) is 38.1 Å². The lowest BCUT2D eigenvalue weighted by atomic mass is 9.93. The Kier molecular flexibility index (Phi) is 4.02. The van der Waals surface area contributed by atoms with Crippen LogP contribution in [0.4, 0.5) is 0 Å². The lowest BCUT2D eigenvalue weighted by Gasteiger charge is -2.21. The molecule has 3 heteroatoms. The first kappa shape index (κ1) is 13.1. The first-order valence-electron chi connectivity index (χ1n) is 6.68. The van der Waals surface area contributed by atoms with Crippen molar-refractivity contribution < 1.29 is 4.79 Å². The molecule has 2 N–H and O–H groups in total. The van der Waals surface area contributed by atoms with Crippen molar-refractivity contribution in [3.05, 3.63) is 35.4 Å². The molecule has 0 aromatic heterocycles. The Morgan fingerprint density at radius 1 is 1.44 bits per heavy atom. The van der Waals surface area contributed by atoms with Gasteiger partial charge >= 0.3 is 0 Å². The Labute approximate surface area is 109 Å². The number of carbonyl (C=O) groups excluding carboxylic acids is 1. The predicted molar refractivity (Wildman–Crippen MR) is 73.4 cm³/mol.